The molecule has 2 fully saturated rings. The molecule has 1 N–H and O–H groups in total. The van der Waals surface area contributed by atoms with Crippen molar-refractivity contribution in [2.45, 2.75) is 52.5 Å². The topological polar surface area (TPSA) is 12.0 Å². The van der Waals surface area contributed by atoms with E-state index in [0.717, 1.165) is 24.3 Å². The molecule has 110 valence electrons. The molecule has 1 aromatic rings. The average Bonchev–Trinajstić information content (AvgIpc) is 2.88. The van der Waals surface area contributed by atoms with Crippen LogP contribution in [0.1, 0.15) is 55.3 Å². The molecule has 0 radical (unpaired) electrons. The summed E-state index contributed by atoms with van der Waals surface area (Å²) in [5, 5.41) is 3.85. The lowest BCUT2D eigenvalue weighted by Crippen LogP contribution is -2.26. The Hall–Kier alpha value is -0.340. The fourth-order valence-corrected chi connectivity index (χ4v) is 4.72. The van der Waals surface area contributed by atoms with Crippen LogP contribution in [0.15, 0.2) is 16.6 Å². The third-order valence-corrected chi connectivity index (χ3v) is 6.21. The van der Waals surface area contributed by atoms with Gasteiger partial charge in [-0.1, -0.05) is 35.3 Å². The zero-order chi connectivity index (χ0) is 14.3. The highest BCUT2D eigenvalue weighted by molar-refractivity contribution is 9.10. The van der Waals surface area contributed by atoms with E-state index in [1.165, 1.54) is 41.3 Å². The van der Waals surface area contributed by atoms with E-state index in [4.69, 9.17) is 0 Å². The minimum absolute atomic E-state index is 0.581. The maximum absolute atomic E-state index is 3.85. The lowest BCUT2D eigenvalue weighted by atomic mass is 9.92. The Kier molecular flexibility index (Phi) is 4.24. The largest absolute Gasteiger partial charge is 0.310 e. The Labute approximate surface area is 131 Å². The van der Waals surface area contributed by atoms with Crippen LogP contribution in [0.3, 0.4) is 0 Å². The molecule has 0 aromatic heterocycles. The number of hydrogen-bond donors (Lipinski definition) is 1. The molecule has 0 amide bonds. The van der Waals surface area contributed by atoms with E-state index in [0.29, 0.717) is 6.04 Å². The van der Waals surface area contributed by atoms with Crippen molar-refractivity contribution in [2.75, 3.05) is 6.54 Å². The molecular formula is C18H26BrN. The molecule has 3 rings (SSSR count). The summed E-state index contributed by atoms with van der Waals surface area (Å²) < 4.78 is 1.24. The molecule has 2 saturated carbocycles. The molecule has 3 atom stereocenters. The number of fused-ring (bicyclic) bond motifs is 1. The normalized spacial score (nSPS) is 29.3. The molecule has 20 heavy (non-hydrogen) atoms. The van der Waals surface area contributed by atoms with Crippen molar-refractivity contribution in [3.8, 4) is 0 Å². The van der Waals surface area contributed by atoms with Gasteiger partial charge in [0.25, 0.3) is 0 Å². The van der Waals surface area contributed by atoms with Gasteiger partial charge in [0.15, 0.2) is 0 Å². The fraction of sp³-hybridized carbons (Fsp3) is 0.667. The number of nitrogens with one attached hydrogen (secondary N) is 1. The summed E-state index contributed by atoms with van der Waals surface area (Å²) in [4.78, 5) is 0. The molecule has 2 aliphatic carbocycles. The number of rotatable bonds is 5. The second kappa shape index (κ2) is 5.81. The highest BCUT2D eigenvalue weighted by Crippen LogP contribution is 2.62. The number of hydrogen-bond acceptors (Lipinski definition) is 1. The van der Waals surface area contributed by atoms with Crippen LogP contribution >= 0.6 is 15.9 Å². The smallest absolute Gasteiger partial charge is 0.0356 e. The molecule has 0 aliphatic heterocycles. The quantitative estimate of drug-likeness (QED) is 0.784. The Balaban J connectivity index is 1.87. The van der Waals surface area contributed by atoms with Gasteiger partial charge in [-0.05, 0) is 80.2 Å². The molecule has 0 heterocycles. The van der Waals surface area contributed by atoms with E-state index >= 15 is 0 Å². The van der Waals surface area contributed by atoms with Gasteiger partial charge in [0.2, 0.25) is 0 Å². The minimum Gasteiger partial charge on any atom is -0.310 e. The fourth-order valence-electron chi connectivity index (χ4n) is 4.26. The lowest BCUT2D eigenvalue weighted by molar-refractivity contribution is 0.416. The summed E-state index contributed by atoms with van der Waals surface area (Å²) in [5.41, 5.74) is 4.33. The predicted molar refractivity (Wildman–Crippen MR) is 89.0 cm³/mol. The van der Waals surface area contributed by atoms with Crippen LogP contribution in [0.4, 0.5) is 0 Å². The first-order chi connectivity index (χ1) is 9.63. The SMILES string of the molecule is CCCNC(c1cc(C)c(Br)cc1C)C1C2CCCC21. The van der Waals surface area contributed by atoms with Crippen LogP contribution in [0.2, 0.25) is 0 Å². The Morgan fingerprint density at radius 3 is 2.55 bits per heavy atom. The molecule has 1 aromatic carbocycles. The summed E-state index contributed by atoms with van der Waals surface area (Å²) >= 11 is 3.66. The van der Waals surface area contributed by atoms with Gasteiger partial charge in [0.05, 0.1) is 0 Å². The van der Waals surface area contributed by atoms with Gasteiger partial charge < -0.3 is 5.32 Å². The van der Waals surface area contributed by atoms with Gasteiger partial charge in [-0.15, -0.1) is 0 Å². The summed E-state index contributed by atoms with van der Waals surface area (Å²) in [6.45, 7) is 7.86. The first-order valence-electron chi connectivity index (χ1n) is 8.13. The van der Waals surface area contributed by atoms with Gasteiger partial charge in [0, 0.05) is 10.5 Å². The first kappa shape index (κ1) is 14.6. The zero-order valence-electron chi connectivity index (χ0n) is 12.9. The molecule has 0 bridgehead atoms. The van der Waals surface area contributed by atoms with Gasteiger partial charge in [-0.2, -0.15) is 0 Å². The van der Waals surface area contributed by atoms with E-state index in [1.54, 1.807) is 5.56 Å². The third-order valence-electron chi connectivity index (χ3n) is 5.35. The summed E-state index contributed by atoms with van der Waals surface area (Å²) in [7, 11) is 0. The molecule has 2 aliphatic rings. The molecule has 0 saturated heterocycles. The van der Waals surface area contributed by atoms with Gasteiger partial charge >= 0.3 is 0 Å². The second-order valence-electron chi connectivity index (χ2n) is 6.73. The van der Waals surface area contributed by atoms with Crippen LogP contribution in [0.25, 0.3) is 0 Å². The summed E-state index contributed by atoms with van der Waals surface area (Å²) in [6, 6.07) is 5.28. The van der Waals surface area contributed by atoms with Crippen LogP contribution in [-0.2, 0) is 0 Å². The Morgan fingerprint density at radius 2 is 1.90 bits per heavy atom. The van der Waals surface area contributed by atoms with Gasteiger partial charge in [-0.25, -0.2) is 0 Å². The first-order valence-corrected chi connectivity index (χ1v) is 8.92. The van der Waals surface area contributed by atoms with Crippen molar-refractivity contribution >= 4 is 15.9 Å². The molecule has 3 unspecified atom stereocenters. The molecule has 2 heteroatoms. The van der Waals surface area contributed by atoms with E-state index in [9.17, 15) is 0 Å². The van der Waals surface area contributed by atoms with E-state index in [2.05, 4.69) is 54.2 Å². The van der Waals surface area contributed by atoms with E-state index in [-0.39, 0.29) is 0 Å². The van der Waals surface area contributed by atoms with Crippen LogP contribution < -0.4 is 5.32 Å². The molecule has 0 spiro atoms. The maximum Gasteiger partial charge on any atom is 0.0356 e. The average molecular weight is 336 g/mol. The van der Waals surface area contributed by atoms with Crippen molar-refractivity contribution in [1.82, 2.24) is 5.32 Å². The summed E-state index contributed by atoms with van der Waals surface area (Å²) in [6.07, 6.45) is 5.61. The van der Waals surface area contributed by atoms with E-state index in [1.807, 2.05) is 0 Å². The monoisotopic (exact) mass is 335 g/mol. The highest BCUT2D eigenvalue weighted by Gasteiger charge is 2.56. The Bertz CT molecular complexity index is 486. The number of benzene rings is 1. The zero-order valence-corrected chi connectivity index (χ0v) is 14.5. The van der Waals surface area contributed by atoms with Crippen LogP contribution in [0.5, 0.6) is 0 Å². The van der Waals surface area contributed by atoms with Crippen molar-refractivity contribution in [3.05, 3.63) is 33.3 Å². The third kappa shape index (κ3) is 2.57. The van der Waals surface area contributed by atoms with Crippen molar-refractivity contribution in [2.24, 2.45) is 17.8 Å². The Morgan fingerprint density at radius 1 is 1.20 bits per heavy atom. The minimum atomic E-state index is 0.581. The van der Waals surface area contributed by atoms with Gasteiger partial charge in [-0.3, -0.25) is 0 Å². The standard InChI is InChI=1S/C18H26BrN/c1-4-8-20-18(17-13-6-5-7-14(13)17)15-9-12(3)16(19)10-11(15)2/h9-10,13-14,17-18,20H,4-8H2,1-3H3. The number of halogens is 1. The van der Waals surface area contributed by atoms with Crippen LogP contribution in [-0.4, -0.2) is 6.54 Å². The van der Waals surface area contributed by atoms with Gasteiger partial charge in [0.1, 0.15) is 0 Å². The van der Waals surface area contributed by atoms with Crippen molar-refractivity contribution in [1.29, 1.82) is 0 Å². The van der Waals surface area contributed by atoms with E-state index < -0.39 is 0 Å². The molecule has 1 nitrogen and oxygen atoms in total. The highest BCUT2D eigenvalue weighted by atomic mass is 79.9. The van der Waals surface area contributed by atoms with Crippen molar-refractivity contribution < 1.29 is 0 Å². The van der Waals surface area contributed by atoms with Crippen LogP contribution in [0, 0.1) is 31.6 Å². The number of aryl methyl sites for hydroxylation is 2. The molecular weight excluding hydrogens is 310 g/mol. The second-order valence-corrected chi connectivity index (χ2v) is 7.58. The lowest BCUT2D eigenvalue weighted by Gasteiger charge is -2.24. The van der Waals surface area contributed by atoms with Crippen molar-refractivity contribution in [3.63, 3.8) is 0 Å². The summed E-state index contributed by atoms with van der Waals surface area (Å²) in [5.74, 6) is 2.91. The maximum atomic E-state index is 3.85. The predicted octanol–water partition coefficient (Wildman–Crippen LogP) is 5.15.